The molecule has 0 spiro atoms. The lowest BCUT2D eigenvalue weighted by molar-refractivity contribution is -0.154. The lowest BCUT2D eigenvalue weighted by Gasteiger charge is -2.36. The summed E-state index contributed by atoms with van der Waals surface area (Å²) in [4.78, 5) is 29.1. The first kappa shape index (κ1) is 26.1. The van der Waals surface area contributed by atoms with E-state index in [1.165, 1.54) is 24.3 Å². The van der Waals surface area contributed by atoms with Crippen molar-refractivity contribution in [2.45, 2.75) is 37.3 Å². The molecule has 2 saturated heterocycles. The number of β-amino-alcohol motifs (C(OH)–C–C–N with tert-alkyl or cyclic N) is 1. The maximum Gasteiger partial charge on any atom is 0.325 e. The highest BCUT2D eigenvalue weighted by atomic mass is 32.2. The Morgan fingerprint density at radius 3 is 2.33 bits per heavy atom. The fourth-order valence-electron chi connectivity index (χ4n) is 4.46. The summed E-state index contributed by atoms with van der Waals surface area (Å²) < 4.78 is 45.8. The van der Waals surface area contributed by atoms with E-state index in [0.29, 0.717) is 26.2 Å². The van der Waals surface area contributed by atoms with Gasteiger partial charge in [0, 0.05) is 44.8 Å². The van der Waals surface area contributed by atoms with Gasteiger partial charge in [-0.05, 0) is 61.4 Å². The number of aryl methyl sites for hydroxylation is 2. The van der Waals surface area contributed by atoms with Crippen LogP contribution in [0.5, 0.6) is 0 Å². The lowest BCUT2D eigenvalue weighted by atomic mass is 10.1. The van der Waals surface area contributed by atoms with Crippen LogP contribution in [0.25, 0.3) is 0 Å². The molecule has 2 fully saturated rings. The van der Waals surface area contributed by atoms with E-state index in [1.54, 1.807) is 30.0 Å². The second kappa shape index (κ2) is 10.5. The second-order valence-electron chi connectivity index (χ2n) is 9.18. The van der Waals surface area contributed by atoms with Crippen LogP contribution < -0.4 is 4.90 Å². The zero-order chi connectivity index (χ0) is 26.0. The Bertz CT molecular complexity index is 1230. The van der Waals surface area contributed by atoms with Crippen LogP contribution in [0.15, 0.2) is 47.4 Å². The molecule has 0 aromatic heterocycles. The number of ether oxygens (including phenoxy) is 1. The SMILES string of the molecule is Cc1ccc(S(=O)(=O)N2C[C@H](O)C[C@H]2C(=O)OCC(=O)N2CCN(c3ccc(F)cc3)CC2)cc1C. The number of aliphatic hydroxyl groups is 1. The molecule has 2 heterocycles. The number of carbonyl (C=O) groups is 2. The predicted octanol–water partition coefficient (Wildman–Crippen LogP) is 1.46. The summed E-state index contributed by atoms with van der Waals surface area (Å²) in [5.41, 5.74) is 2.59. The molecule has 2 aromatic carbocycles. The molecule has 2 aliphatic rings. The Morgan fingerprint density at radius 2 is 1.69 bits per heavy atom. The molecular weight excluding hydrogens is 489 g/mol. The van der Waals surface area contributed by atoms with Gasteiger partial charge in [-0.1, -0.05) is 6.07 Å². The van der Waals surface area contributed by atoms with Crippen molar-refractivity contribution in [3.63, 3.8) is 0 Å². The molecule has 2 atom stereocenters. The third-order valence-corrected chi connectivity index (χ3v) is 8.62. The first-order valence-electron chi connectivity index (χ1n) is 11.8. The van der Waals surface area contributed by atoms with Crippen LogP contribution in [-0.2, 0) is 24.3 Å². The van der Waals surface area contributed by atoms with Gasteiger partial charge in [-0.2, -0.15) is 4.31 Å². The number of benzene rings is 2. The standard InChI is InChI=1S/C25H30FN3O6S/c1-17-3-8-22(13-18(17)2)36(33,34)29-15-21(30)14-23(29)25(32)35-16-24(31)28-11-9-27(10-12-28)20-6-4-19(26)5-7-20/h3-8,13,21,23,30H,9-12,14-16H2,1-2H3/t21-,23+/m1/s1. The Balaban J connectivity index is 1.34. The van der Waals surface area contributed by atoms with E-state index in [1.807, 2.05) is 11.8 Å². The largest absolute Gasteiger partial charge is 0.454 e. The van der Waals surface area contributed by atoms with Gasteiger partial charge < -0.3 is 19.6 Å². The van der Waals surface area contributed by atoms with Gasteiger partial charge in [-0.3, -0.25) is 9.59 Å². The van der Waals surface area contributed by atoms with Crippen molar-refractivity contribution in [3.8, 4) is 0 Å². The van der Waals surface area contributed by atoms with E-state index < -0.39 is 34.7 Å². The van der Waals surface area contributed by atoms with Crippen LogP contribution in [0.1, 0.15) is 17.5 Å². The summed E-state index contributed by atoms with van der Waals surface area (Å²) in [5.74, 6) is -1.56. The van der Waals surface area contributed by atoms with Crippen molar-refractivity contribution >= 4 is 27.6 Å². The van der Waals surface area contributed by atoms with Crippen LogP contribution >= 0.6 is 0 Å². The molecule has 0 saturated carbocycles. The number of hydrogen-bond acceptors (Lipinski definition) is 7. The van der Waals surface area contributed by atoms with Gasteiger partial charge in [0.1, 0.15) is 11.9 Å². The summed E-state index contributed by atoms with van der Waals surface area (Å²) in [6, 6.07) is 9.62. The van der Waals surface area contributed by atoms with Crippen LogP contribution in [0.3, 0.4) is 0 Å². The van der Waals surface area contributed by atoms with Crippen LogP contribution in [0.2, 0.25) is 0 Å². The van der Waals surface area contributed by atoms with Gasteiger partial charge in [-0.25, -0.2) is 12.8 Å². The van der Waals surface area contributed by atoms with E-state index in [0.717, 1.165) is 21.1 Å². The van der Waals surface area contributed by atoms with Gasteiger partial charge in [0.15, 0.2) is 6.61 Å². The van der Waals surface area contributed by atoms with Crippen molar-refractivity contribution in [1.82, 2.24) is 9.21 Å². The molecule has 2 aliphatic heterocycles. The number of halogens is 1. The lowest BCUT2D eigenvalue weighted by Crippen LogP contribution is -2.50. The Morgan fingerprint density at radius 1 is 1.03 bits per heavy atom. The third-order valence-electron chi connectivity index (χ3n) is 6.75. The monoisotopic (exact) mass is 519 g/mol. The molecule has 4 rings (SSSR count). The quantitative estimate of drug-likeness (QED) is 0.576. The van der Waals surface area contributed by atoms with Gasteiger partial charge in [0.05, 0.1) is 11.0 Å². The number of aliphatic hydroxyl groups excluding tert-OH is 1. The summed E-state index contributed by atoms with van der Waals surface area (Å²) >= 11 is 0. The van der Waals surface area contributed by atoms with Crippen molar-refractivity contribution < 1.29 is 32.2 Å². The molecule has 2 aromatic rings. The van der Waals surface area contributed by atoms with Gasteiger partial charge >= 0.3 is 5.97 Å². The fraction of sp³-hybridized carbons (Fsp3) is 0.440. The minimum atomic E-state index is -4.05. The van der Waals surface area contributed by atoms with Crippen molar-refractivity contribution in [2.75, 3.05) is 44.2 Å². The molecule has 36 heavy (non-hydrogen) atoms. The number of anilines is 1. The summed E-state index contributed by atoms with van der Waals surface area (Å²) in [5, 5.41) is 10.1. The second-order valence-corrected chi connectivity index (χ2v) is 11.1. The molecule has 0 bridgehead atoms. The average Bonchev–Trinajstić information content (AvgIpc) is 3.27. The highest BCUT2D eigenvalue weighted by Gasteiger charge is 2.44. The van der Waals surface area contributed by atoms with E-state index in [2.05, 4.69) is 0 Å². The summed E-state index contributed by atoms with van der Waals surface area (Å²) in [6.07, 6.45) is -1.12. The highest BCUT2D eigenvalue weighted by Crippen LogP contribution is 2.28. The number of esters is 1. The summed E-state index contributed by atoms with van der Waals surface area (Å²) in [7, 11) is -4.05. The molecule has 0 unspecified atom stereocenters. The molecule has 1 N–H and O–H groups in total. The first-order valence-corrected chi connectivity index (χ1v) is 13.2. The highest BCUT2D eigenvalue weighted by molar-refractivity contribution is 7.89. The van der Waals surface area contributed by atoms with E-state index in [-0.39, 0.29) is 29.6 Å². The van der Waals surface area contributed by atoms with Crippen LogP contribution in [0.4, 0.5) is 10.1 Å². The van der Waals surface area contributed by atoms with Crippen molar-refractivity contribution in [2.24, 2.45) is 0 Å². The van der Waals surface area contributed by atoms with E-state index in [9.17, 15) is 27.5 Å². The average molecular weight is 520 g/mol. The molecule has 0 radical (unpaired) electrons. The topological polar surface area (TPSA) is 107 Å². The number of piperazine rings is 1. The zero-order valence-corrected chi connectivity index (χ0v) is 21.1. The molecule has 194 valence electrons. The molecule has 11 heteroatoms. The number of rotatable bonds is 6. The van der Waals surface area contributed by atoms with Crippen LogP contribution in [-0.4, -0.2) is 86.1 Å². The Labute approximate surface area is 210 Å². The van der Waals surface area contributed by atoms with Gasteiger partial charge in [-0.15, -0.1) is 0 Å². The number of nitrogens with zero attached hydrogens (tertiary/aromatic N) is 3. The smallest absolute Gasteiger partial charge is 0.325 e. The minimum absolute atomic E-state index is 0.0348. The minimum Gasteiger partial charge on any atom is -0.454 e. The van der Waals surface area contributed by atoms with Gasteiger partial charge in [0.2, 0.25) is 10.0 Å². The van der Waals surface area contributed by atoms with Crippen molar-refractivity contribution in [3.05, 3.63) is 59.4 Å². The normalized spacial score (nSPS) is 21.0. The molecular formula is C25H30FN3O6S. The van der Waals surface area contributed by atoms with E-state index >= 15 is 0 Å². The zero-order valence-electron chi connectivity index (χ0n) is 20.3. The number of carbonyl (C=O) groups excluding carboxylic acids is 2. The maximum atomic E-state index is 13.2. The molecule has 0 aliphatic carbocycles. The third kappa shape index (κ3) is 5.53. The molecule has 1 amide bonds. The summed E-state index contributed by atoms with van der Waals surface area (Å²) in [6.45, 7) is 4.82. The maximum absolute atomic E-state index is 13.2. The van der Waals surface area contributed by atoms with Crippen LogP contribution in [0, 0.1) is 19.7 Å². The predicted molar refractivity (Wildman–Crippen MR) is 130 cm³/mol. The number of sulfonamides is 1. The van der Waals surface area contributed by atoms with E-state index in [4.69, 9.17) is 4.74 Å². The number of amides is 1. The number of hydrogen-bond donors (Lipinski definition) is 1. The van der Waals surface area contributed by atoms with Gasteiger partial charge in [0.25, 0.3) is 5.91 Å². The Kier molecular flexibility index (Phi) is 7.62. The fourth-order valence-corrected chi connectivity index (χ4v) is 6.17. The Hall–Kier alpha value is -3.02. The van der Waals surface area contributed by atoms with Crippen molar-refractivity contribution in [1.29, 1.82) is 0 Å². The first-order chi connectivity index (χ1) is 17.1. The molecule has 9 nitrogen and oxygen atoms in total.